The lowest BCUT2D eigenvalue weighted by molar-refractivity contribution is -0.132. The topological polar surface area (TPSA) is 67.2 Å². The van der Waals surface area contributed by atoms with E-state index < -0.39 is 0 Å². The van der Waals surface area contributed by atoms with Crippen molar-refractivity contribution in [3.63, 3.8) is 0 Å². The minimum Gasteiger partial charge on any atom is -0.340 e. The molecule has 134 valence electrons. The smallest absolute Gasteiger partial charge is 0.227 e. The summed E-state index contributed by atoms with van der Waals surface area (Å²) in [6.45, 7) is 6.59. The van der Waals surface area contributed by atoms with Crippen molar-refractivity contribution < 1.29 is 9.18 Å². The van der Waals surface area contributed by atoms with Gasteiger partial charge in [0.15, 0.2) is 5.82 Å². The van der Waals surface area contributed by atoms with Crippen molar-refractivity contribution in [1.29, 1.82) is 0 Å². The summed E-state index contributed by atoms with van der Waals surface area (Å²) in [5.74, 6) is 0.672. The zero-order chi connectivity index (χ0) is 17.6. The Labute approximate surface area is 146 Å². The number of carbonyl (C=O) groups excluding carboxylic acids is 1. The lowest BCUT2D eigenvalue weighted by atomic mass is 10.1. The lowest BCUT2D eigenvalue weighted by Gasteiger charge is -2.34. The highest BCUT2D eigenvalue weighted by Crippen LogP contribution is 2.10. The van der Waals surface area contributed by atoms with Gasteiger partial charge in [-0.05, 0) is 34.5 Å². The van der Waals surface area contributed by atoms with Gasteiger partial charge in [-0.1, -0.05) is 19.1 Å². The molecule has 1 aliphatic rings. The first-order chi connectivity index (χ1) is 12.2. The predicted molar refractivity (Wildman–Crippen MR) is 90.1 cm³/mol. The van der Waals surface area contributed by atoms with E-state index >= 15 is 0 Å². The van der Waals surface area contributed by atoms with Crippen LogP contribution in [-0.2, 0) is 24.3 Å². The Morgan fingerprint density at radius 3 is 2.56 bits per heavy atom. The molecule has 0 radical (unpaired) electrons. The zero-order valence-electron chi connectivity index (χ0n) is 14.4. The number of rotatable bonds is 6. The number of hydrogen-bond acceptors (Lipinski definition) is 5. The van der Waals surface area contributed by atoms with Gasteiger partial charge in [0.2, 0.25) is 5.91 Å². The van der Waals surface area contributed by atoms with Crippen LogP contribution in [0.4, 0.5) is 4.39 Å². The molecule has 0 spiro atoms. The average Bonchev–Trinajstić information content (AvgIpc) is 3.05. The van der Waals surface area contributed by atoms with Crippen LogP contribution < -0.4 is 0 Å². The summed E-state index contributed by atoms with van der Waals surface area (Å²) in [6, 6.07) is 6.11. The Bertz CT molecular complexity index is 693. The van der Waals surface area contributed by atoms with Crippen molar-refractivity contribution in [3.8, 4) is 0 Å². The second-order valence-electron chi connectivity index (χ2n) is 6.28. The molecule has 2 heterocycles. The summed E-state index contributed by atoms with van der Waals surface area (Å²) in [5, 5.41) is 11.8. The number of amides is 1. The van der Waals surface area contributed by atoms with Crippen LogP contribution in [0, 0.1) is 5.82 Å². The zero-order valence-corrected chi connectivity index (χ0v) is 14.4. The number of nitrogens with zero attached hydrogens (tertiary/aromatic N) is 6. The largest absolute Gasteiger partial charge is 0.340 e. The molecule has 1 aromatic carbocycles. The van der Waals surface area contributed by atoms with E-state index in [9.17, 15) is 9.18 Å². The molecule has 3 rings (SSSR count). The Balaban J connectivity index is 1.48. The van der Waals surface area contributed by atoms with Crippen LogP contribution in [-0.4, -0.2) is 62.1 Å². The van der Waals surface area contributed by atoms with Crippen LogP contribution in [0.1, 0.15) is 24.7 Å². The van der Waals surface area contributed by atoms with Crippen molar-refractivity contribution in [2.75, 3.05) is 26.2 Å². The highest BCUT2D eigenvalue weighted by Gasteiger charge is 2.22. The number of hydrogen-bond donors (Lipinski definition) is 0. The van der Waals surface area contributed by atoms with Gasteiger partial charge in [-0.25, -0.2) is 9.07 Å². The molecule has 8 heteroatoms. The molecule has 25 heavy (non-hydrogen) atoms. The average molecular weight is 346 g/mol. The second-order valence-corrected chi connectivity index (χ2v) is 6.28. The molecular weight excluding hydrogens is 323 g/mol. The highest BCUT2D eigenvalue weighted by atomic mass is 19.1. The first-order valence-electron chi connectivity index (χ1n) is 8.65. The molecule has 7 nitrogen and oxygen atoms in total. The van der Waals surface area contributed by atoms with Crippen LogP contribution in [0.2, 0.25) is 0 Å². The summed E-state index contributed by atoms with van der Waals surface area (Å²) >= 11 is 0. The maximum atomic E-state index is 12.9. The van der Waals surface area contributed by atoms with E-state index in [1.54, 1.807) is 12.1 Å². The number of piperazine rings is 1. The molecule has 2 aromatic rings. The highest BCUT2D eigenvalue weighted by molar-refractivity contribution is 5.78. The molecule has 1 amide bonds. The molecular formula is C17H23FN6O. The predicted octanol–water partition coefficient (Wildman–Crippen LogP) is 1.11. The Morgan fingerprint density at radius 2 is 1.88 bits per heavy atom. The van der Waals surface area contributed by atoms with E-state index in [-0.39, 0.29) is 11.7 Å². The number of carbonyl (C=O) groups is 1. The van der Waals surface area contributed by atoms with Crippen LogP contribution in [0.5, 0.6) is 0 Å². The van der Waals surface area contributed by atoms with Gasteiger partial charge in [0.05, 0.1) is 13.0 Å². The van der Waals surface area contributed by atoms with Crippen LogP contribution in [0.3, 0.4) is 0 Å². The molecule has 0 saturated carbocycles. The summed E-state index contributed by atoms with van der Waals surface area (Å²) < 4.78 is 14.8. The third kappa shape index (κ3) is 4.60. The van der Waals surface area contributed by atoms with Crippen molar-refractivity contribution in [1.82, 2.24) is 30.0 Å². The third-order valence-corrected chi connectivity index (χ3v) is 4.40. The minimum absolute atomic E-state index is 0.0853. The Hall–Kier alpha value is -2.35. The fraction of sp³-hybridized carbons (Fsp3) is 0.529. The summed E-state index contributed by atoms with van der Waals surface area (Å²) in [6.07, 6.45) is 1.30. The summed E-state index contributed by atoms with van der Waals surface area (Å²) in [7, 11) is 0. The van der Waals surface area contributed by atoms with E-state index in [1.807, 2.05) is 9.58 Å². The first-order valence-corrected chi connectivity index (χ1v) is 8.65. The van der Waals surface area contributed by atoms with Gasteiger partial charge in [-0.3, -0.25) is 9.69 Å². The maximum absolute atomic E-state index is 12.9. The first kappa shape index (κ1) is 17.5. The molecule has 1 aliphatic heterocycles. The lowest BCUT2D eigenvalue weighted by Crippen LogP contribution is -2.49. The molecule has 0 atom stereocenters. The van der Waals surface area contributed by atoms with E-state index in [0.717, 1.165) is 37.4 Å². The molecule has 0 aliphatic carbocycles. The Morgan fingerprint density at radius 1 is 1.16 bits per heavy atom. The van der Waals surface area contributed by atoms with Crippen LogP contribution >= 0.6 is 0 Å². The van der Waals surface area contributed by atoms with Crippen molar-refractivity contribution in [2.24, 2.45) is 0 Å². The van der Waals surface area contributed by atoms with Gasteiger partial charge in [0.25, 0.3) is 0 Å². The number of benzene rings is 1. The molecule has 1 saturated heterocycles. The number of aromatic nitrogens is 4. The second kappa shape index (κ2) is 8.15. The Kier molecular flexibility index (Phi) is 5.70. The SMILES string of the molecule is CCCn1nnnc1CN1CCN(C(=O)Cc2ccc(F)cc2)CC1. The van der Waals surface area contributed by atoms with Gasteiger partial charge < -0.3 is 4.90 Å². The minimum atomic E-state index is -0.282. The van der Waals surface area contributed by atoms with Gasteiger partial charge in [0.1, 0.15) is 5.82 Å². The van der Waals surface area contributed by atoms with Crippen LogP contribution in [0.15, 0.2) is 24.3 Å². The maximum Gasteiger partial charge on any atom is 0.227 e. The van der Waals surface area contributed by atoms with Gasteiger partial charge in [0, 0.05) is 32.7 Å². The molecule has 0 bridgehead atoms. The normalized spacial score (nSPS) is 15.5. The van der Waals surface area contributed by atoms with Gasteiger partial charge >= 0.3 is 0 Å². The van der Waals surface area contributed by atoms with Crippen LogP contribution in [0.25, 0.3) is 0 Å². The fourth-order valence-electron chi connectivity index (χ4n) is 2.97. The molecule has 1 aromatic heterocycles. The molecule has 0 N–H and O–H groups in total. The third-order valence-electron chi connectivity index (χ3n) is 4.40. The number of aryl methyl sites for hydroxylation is 1. The van der Waals surface area contributed by atoms with Gasteiger partial charge in [-0.15, -0.1) is 5.10 Å². The number of halogens is 1. The van der Waals surface area contributed by atoms with E-state index in [0.29, 0.717) is 26.1 Å². The van der Waals surface area contributed by atoms with Gasteiger partial charge in [-0.2, -0.15) is 0 Å². The fourth-order valence-corrected chi connectivity index (χ4v) is 2.97. The van der Waals surface area contributed by atoms with Crippen molar-refractivity contribution in [3.05, 3.63) is 41.5 Å². The number of tetrazole rings is 1. The standard InChI is InChI=1S/C17H23FN6O/c1-2-7-24-16(19-20-21-24)13-22-8-10-23(11-9-22)17(25)12-14-3-5-15(18)6-4-14/h3-6H,2,7-13H2,1H3. The monoisotopic (exact) mass is 346 g/mol. The quantitative estimate of drug-likeness (QED) is 0.784. The molecule has 0 unspecified atom stereocenters. The van der Waals surface area contributed by atoms with E-state index in [4.69, 9.17) is 0 Å². The summed E-state index contributed by atoms with van der Waals surface area (Å²) in [5.41, 5.74) is 0.840. The van der Waals surface area contributed by atoms with Crippen molar-refractivity contribution in [2.45, 2.75) is 32.9 Å². The van der Waals surface area contributed by atoms with E-state index in [2.05, 4.69) is 27.3 Å². The summed E-state index contributed by atoms with van der Waals surface area (Å²) in [4.78, 5) is 16.5. The van der Waals surface area contributed by atoms with Crippen molar-refractivity contribution >= 4 is 5.91 Å². The molecule has 1 fully saturated rings. The van der Waals surface area contributed by atoms with E-state index in [1.165, 1.54) is 12.1 Å².